The summed E-state index contributed by atoms with van der Waals surface area (Å²) >= 11 is 5.78. The minimum atomic E-state index is -0.711. The first-order valence-electron chi connectivity index (χ1n) is 4.67. The first kappa shape index (κ1) is 12.7. The van der Waals surface area contributed by atoms with Crippen LogP contribution in [0.3, 0.4) is 0 Å². The molecular weight excluding hydrogens is 231 g/mol. The van der Waals surface area contributed by atoms with Gasteiger partial charge in [-0.15, -0.1) is 6.58 Å². The Bertz CT molecular complexity index is 409. The normalized spacial score (nSPS) is 11.9. The van der Waals surface area contributed by atoms with E-state index in [1.54, 1.807) is 0 Å². The number of carbonyl (C=O) groups excluding carboxylic acids is 1. The summed E-state index contributed by atoms with van der Waals surface area (Å²) in [6.45, 7) is 3.48. The smallest absolute Gasteiger partial charge is 0.241 e. The fraction of sp³-hybridized carbons (Fsp3) is 0.182. The van der Waals surface area contributed by atoms with Crippen LogP contribution in [0.25, 0.3) is 0 Å². The molecule has 1 rings (SSSR count). The highest BCUT2D eigenvalue weighted by molar-refractivity contribution is 6.33. The number of rotatable bonds is 4. The number of carbonyl (C=O) groups is 1. The fourth-order valence-corrected chi connectivity index (χ4v) is 1.27. The average molecular weight is 243 g/mol. The van der Waals surface area contributed by atoms with Crippen molar-refractivity contribution in [2.75, 3.05) is 5.32 Å². The summed E-state index contributed by atoms with van der Waals surface area (Å²) < 4.78 is 12.9. The molecule has 16 heavy (non-hydrogen) atoms. The molecule has 1 aromatic carbocycles. The van der Waals surface area contributed by atoms with E-state index in [9.17, 15) is 9.18 Å². The Labute approximate surface area is 98.1 Å². The molecule has 0 heterocycles. The number of amides is 1. The number of nitrogens with one attached hydrogen (secondary N) is 1. The molecule has 0 saturated carbocycles. The monoisotopic (exact) mass is 242 g/mol. The van der Waals surface area contributed by atoms with E-state index in [1.165, 1.54) is 18.2 Å². The van der Waals surface area contributed by atoms with Crippen LogP contribution in [-0.2, 0) is 4.79 Å². The van der Waals surface area contributed by atoms with Crippen molar-refractivity contribution in [2.45, 2.75) is 12.5 Å². The van der Waals surface area contributed by atoms with Crippen LogP contribution in [-0.4, -0.2) is 11.9 Å². The van der Waals surface area contributed by atoms with Gasteiger partial charge in [-0.05, 0) is 24.6 Å². The molecule has 0 saturated heterocycles. The highest BCUT2D eigenvalue weighted by Crippen LogP contribution is 2.22. The third kappa shape index (κ3) is 3.32. The van der Waals surface area contributed by atoms with Crippen LogP contribution >= 0.6 is 11.6 Å². The Morgan fingerprint density at radius 3 is 3.00 bits per heavy atom. The van der Waals surface area contributed by atoms with Crippen LogP contribution in [0.1, 0.15) is 6.42 Å². The summed E-state index contributed by atoms with van der Waals surface area (Å²) in [4.78, 5) is 11.5. The van der Waals surface area contributed by atoms with E-state index in [2.05, 4.69) is 11.9 Å². The number of hydrogen-bond acceptors (Lipinski definition) is 2. The summed E-state index contributed by atoms with van der Waals surface area (Å²) in [6.07, 6.45) is 1.89. The lowest BCUT2D eigenvalue weighted by Crippen LogP contribution is -2.35. The van der Waals surface area contributed by atoms with E-state index in [0.29, 0.717) is 6.42 Å². The van der Waals surface area contributed by atoms with E-state index >= 15 is 0 Å². The van der Waals surface area contributed by atoms with Crippen LogP contribution in [0, 0.1) is 5.82 Å². The quantitative estimate of drug-likeness (QED) is 0.797. The molecule has 3 N–H and O–H groups in total. The maximum absolute atomic E-state index is 12.9. The maximum atomic E-state index is 12.9. The SMILES string of the molecule is C=CCC(N)C(=O)Nc1cc(F)ccc1Cl. The molecule has 0 aliphatic carbocycles. The molecule has 1 unspecified atom stereocenters. The zero-order chi connectivity index (χ0) is 12.1. The molecule has 0 aromatic heterocycles. The predicted molar refractivity (Wildman–Crippen MR) is 62.8 cm³/mol. The molecule has 0 spiro atoms. The Hall–Kier alpha value is -1.39. The van der Waals surface area contributed by atoms with Crippen LogP contribution in [0.2, 0.25) is 5.02 Å². The van der Waals surface area contributed by atoms with Crippen molar-refractivity contribution in [3.8, 4) is 0 Å². The van der Waals surface area contributed by atoms with Crippen LogP contribution in [0.5, 0.6) is 0 Å². The van der Waals surface area contributed by atoms with Crippen molar-refractivity contribution in [2.24, 2.45) is 5.73 Å². The fourth-order valence-electron chi connectivity index (χ4n) is 1.11. The average Bonchev–Trinajstić information content (AvgIpc) is 2.23. The number of hydrogen-bond donors (Lipinski definition) is 2. The van der Waals surface area contributed by atoms with Crippen molar-refractivity contribution in [3.05, 3.63) is 41.7 Å². The topological polar surface area (TPSA) is 55.1 Å². The summed E-state index contributed by atoms with van der Waals surface area (Å²) in [5.74, 6) is -0.899. The van der Waals surface area contributed by atoms with Gasteiger partial charge in [0.25, 0.3) is 0 Å². The molecule has 0 bridgehead atoms. The molecular formula is C11H12ClFN2O. The number of nitrogens with two attached hydrogens (primary N) is 1. The largest absolute Gasteiger partial charge is 0.323 e. The molecule has 0 fully saturated rings. The van der Waals surface area contributed by atoms with Crippen LogP contribution in [0.15, 0.2) is 30.9 Å². The van der Waals surface area contributed by atoms with E-state index in [-0.39, 0.29) is 10.7 Å². The molecule has 1 atom stereocenters. The van der Waals surface area contributed by atoms with Gasteiger partial charge in [0.15, 0.2) is 0 Å². The van der Waals surface area contributed by atoms with Gasteiger partial charge in [-0.1, -0.05) is 17.7 Å². The van der Waals surface area contributed by atoms with Crippen molar-refractivity contribution < 1.29 is 9.18 Å². The Balaban J connectivity index is 2.76. The minimum Gasteiger partial charge on any atom is -0.323 e. The van der Waals surface area contributed by atoms with Crippen LogP contribution in [0.4, 0.5) is 10.1 Å². The summed E-state index contributed by atoms with van der Waals surface area (Å²) in [6, 6.07) is 3.01. The first-order valence-corrected chi connectivity index (χ1v) is 5.04. The predicted octanol–water partition coefficient (Wildman–Crippen LogP) is 2.32. The zero-order valence-corrected chi connectivity index (χ0v) is 9.30. The highest BCUT2D eigenvalue weighted by Gasteiger charge is 2.13. The number of anilines is 1. The second-order valence-corrected chi connectivity index (χ2v) is 3.65. The van der Waals surface area contributed by atoms with Crippen molar-refractivity contribution >= 4 is 23.2 Å². The summed E-state index contributed by atoms with van der Waals surface area (Å²) in [5, 5.41) is 2.72. The third-order valence-corrected chi connectivity index (χ3v) is 2.27. The first-order chi connectivity index (χ1) is 7.54. The lowest BCUT2D eigenvalue weighted by atomic mass is 10.2. The van der Waals surface area contributed by atoms with E-state index in [1.807, 2.05) is 0 Å². The van der Waals surface area contributed by atoms with Gasteiger partial charge in [0.05, 0.1) is 16.8 Å². The number of halogens is 2. The standard InChI is InChI=1S/C11H12ClFN2O/c1-2-3-9(14)11(16)15-10-6-7(13)4-5-8(10)12/h2,4-6,9H,1,3,14H2,(H,15,16). The van der Waals surface area contributed by atoms with E-state index < -0.39 is 17.8 Å². The number of benzene rings is 1. The Morgan fingerprint density at radius 1 is 1.69 bits per heavy atom. The van der Waals surface area contributed by atoms with E-state index in [4.69, 9.17) is 17.3 Å². The lowest BCUT2D eigenvalue weighted by molar-refractivity contribution is -0.117. The van der Waals surface area contributed by atoms with Gasteiger partial charge < -0.3 is 11.1 Å². The molecule has 0 radical (unpaired) electrons. The molecule has 3 nitrogen and oxygen atoms in total. The zero-order valence-electron chi connectivity index (χ0n) is 8.54. The van der Waals surface area contributed by atoms with Crippen molar-refractivity contribution in [3.63, 3.8) is 0 Å². The van der Waals surface area contributed by atoms with Crippen molar-refractivity contribution in [1.29, 1.82) is 0 Å². The molecule has 1 aromatic rings. The van der Waals surface area contributed by atoms with E-state index in [0.717, 1.165) is 6.07 Å². The second kappa shape index (κ2) is 5.63. The van der Waals surface area contributed by atoms with Gasteiger partial charge >= 0.3 is 0 Å². The van der Waals surface area contributed by atoms with Gasteiger partial charge in [0.2, 0.25) is 5.91 Å². The third-order valence-electron chi connectivity index (χ3n) is 1.94. The summed E-state index contributed by atoms with van der Waals surface area (Å²) in [7, 11) is 0. The Kier molecular flexibility index (Phi) is 4.46. The molecule has 1 amide bonds. The molecule has 86 valence electrons. The minimum absolute atomic E-state index is 0.214. The maximum Gasteiger partial charge on any atom is 0.241 e. The van der Waals surface area contributed by atoms with Gasteiger partial charge in [0.1, 0.15) is 5.82 Å². The highest BCUT2D eigenvalue weighted by atomic mass is 35.5. The van der Waals surface area contributed by atoms with Crippen molar-refractivity contribution in [1.82, 2.24) is 0 Å². The summed E-state index contributed by atoms with van der Waals surface area (Å²) in [5.41, 5.74) is 5.76. The molecule has 0 aliphatic heterocycles. The lowest BCUT2D eigenvalue weighted by Gasteiger charge is -2.11. The van der Waals surface area contributed by atoms with Gasteiger partial charge in [-0.3, -0.25) is 4.79 Å². The Morgan fingerprint density at radius 2 is 2.38 bits per heavy atom. The molecule has 5 heteroatoms. The molecule has 0 aliphatic rings. The van der Waals surface area contributed by atoms with Gasteiger partial charge in [0, 0.05) is 0 Å². The second-order valence-electron chi connectivity index (χ2n) is 3.24. The van der Waals surface area contributed by atoms with Gasteiger partial charge in [-0.25, -0.2) is 4.39 Å². The van der Waals surface area contributed by atoms with Gasteiger partial charge in [-0.2, -0.15) is 0 Å². The van der Waals surface area contributed by atoms with Crippen LogP contribution < -0.4 is 11.1 Å².